The molecule has 5 heteroatoms. The van der Waals surface area contributed by atoms with E-state index in [1.807, 2.05) is 18.2 Å². The van der Waals surface area contributed by atoms with Crippen LogP contribution in [0.15, 0.2) is 18.2 Å². The van der Waals surface area contributed by atoms with Crippen LogP contribution in [-0.2, 0) is 22.7 Å². The Bertz CT molecular complexity index is 382. The van der Waals surface area contributed by atoms with Crippen molar-refractivity contribution in [2.75, 3.05) is 18.9 Å². The second-order valence-corrected chi connectivity index (χ2v) is 3.55. The highest BCUT2D eigenvalue weighted by molar-refractivity contribution is 5.92. The van der Waals surface area contributed by atoms with Crippen molar-refractivity contribution in [1.82, 2.24) is 5.32 Å². The van der Waals surface area contributed by atoms with Crippen molar-refractivity contribution in [3.63, 3.8) is 0 Å². The number of hydrogen-bond acceptors (Lipinski definition) is 3. The van der Waals surface area contributed by atoms with Gasteiger partial charge in [-0.2, -0.15) is 0 Å². The van der Waals surface area contributed by atoms with Crippen LogP contribution in [0, 0.1) is 0 Å². The number of benzene rings is 1. The van der Waals surface area contributed by atoms with Crippen LogP contribution < -0.4 is 10.6 Å². The van der Waals surface area contributed by atoms with Crippen LogP contribution in [0.25, 0.3) is 0 Å². The molecule has 0 saturated heterocycles. The van der Waals surface area contributed by atoms with Gasteiger partial charge in [0.1, 0.15) is 0 Å². The Kier molecular flexibility index (Phi) is 4.73. The van der Waals surface area contributed by atoms with Crippen LogP contribution in [0.3, 0.4) is 0 Å². The highest BCUT2D eigenvalue weighted by Crippen LogP contribution is 2.22. The zero-order valence-electron chi connectivity index (χ0n) is 9.08. The molecule has 1 aromatic rings. The molecular weight excluding hydrogens is 228 g/mol. The Labute approximate surface area is 101 Å². The molecule has 0 radical (unpaired) electrons. The van der Waals surface area contributed by atoms with Gasteiger partial charge < -0.3 is 15.4 Å². The second kappa shape index (κ2) is 5.84. The van der Waals surface area contributed by atoms with E-state index < -0.39 is 0 Å². The lowest BCUT2D eigenvalue weighted by Gasteiger charge is -2.06. The van der Waals surface area contributed by atoms with Gasteiger partial charge in [-0.15, -0.1) is 12.4 Å². The van der Waals surface area contributed by atoms with Gasteiger partial charge in [-0.05, 0) is 30.3 Å². The minimum atomic E-state index is -0.0311. The van der Waals surface area contributed by atoms with Gasteiger partial charge in [0.15, 0.2) is 0 Å². The average Bonchev–Trinajstić information content (AvgIpc) is 2.65. The largest absolute Gasteiger partial charge is 0.372 e. The molecule has 0 aromatic heterocycles. The number of carbonyl (C=O) groups is 1. The topological polar surface area (TPSA) is 50.4 Å². The van der Waals surface area contributed by atoms with E-state index >= 15 is 0 Å². The first-order chi connectivity index (χ1) is 7.29. The third-order valence-corrected chi connectivity index (χ3v) is 2.34. The summed E-state index contributed by atoms with van der Waals surface area (Å²) in [6.45, 7) is 1.65. The molecule has 2 N–H and O–H groups in total. The first-order valence-electron chi connectivity index (χ1n) is 4.93. The zero-order valence-corrected chi connectivity index (χ0v) is 9.89. The molecule has 0 bridgehead atoms. The smallest absolute Gasteiger partial charge is 0.238 e. The van der Waals surface area contributed by atoms with Crippen LogP contribution in [-0.4, -0.2) is 19.5 Å². The summed E-state index contributed by atoms with van der Waals surface area (Å²) in [4.78, 5) is 11.3. The van der Waals surface area contributed by atoms with E-state index in [0.29, 0.717) is 19.8 Å². The lowest BCUT2D eigenvalue weighted by molar-refractivity contribution is -0.115. The van der Waals surface area contributed by atoms with Crippen LogP contribution in [0.1, 0.15) is 11.1 Å². The molecule has 0 fully saturated rings. The maximum Gasteiger partial charge on any atom is 0.238 e. The molecule has 0 unspecified atom stereocenters. The van der Waals surface area contributed by atoms with Crippen LogP contribution in [0.5, 0.6) is 0 Å². The van der Waals surface area contributed by atoms with Crippen LogP contribution in [0.2, 0.25) is 0 Å². The minimum Gasteiger partial charge on any atom is -0.372 e. The Morgan fingerprint density at radius 3 is 2.88 bits per heavy atom. The van der Waals surface area contributed by atoms with Crippen LogP contribution >= 0.6 is 12.4 Å². The molecule has 16 heavy (non-hydrogen) atoms. The summed E-state index contributed by atoms with van der Waals surface area (Å²) in [5, 5.41) is 5.62. The minimum absolute atomic E-state index is 0. The van der Waals surface area contributed by atoms with Gasteiger partial charge in [-0.3, -0.25) is 4.79 Å². The number of halogens is 1. The van der Waals surface area contributed by atoms with Gasteiger partial charge in [0, 0.05) is 5.69 Å². The maximum atomic E-state index is 11.3. The Morgan fingerprint density at radius 1 is 1.38 bits per heavy atom. The zero-order chi connectivity index (χ0) is 10.7. The fourth-order valence-electron chi connectivity index (χ4n) is 1.62. The van der Waals surface area contributed by atoms with E-state index in [-0.39, 0.29) is 18.3 Å². The van der Waals surface area contributed by atoms with E-state index in [2.05, 4.69) is 10.6 Å². The molecule has 2 rings (SSSR count). The number of anilines is 1. The predicted molar refractivity (Wildman–Crippen MR) is 64.7 cm³/mol. The highest BCUT2D eigenvalue weighted by atomic mass is 35.5. The van der Waals surface area contributed by atoms with Crippen molar-refractivity contribution in [3.05, 3.63) is 29.3 Å². The quantitative estimate of drug-likeness (QED) is 0.840. The first-order valence-corrected chi connectivity index (χ1v) is 4.93. The van der Waals surface area contributed by atoms with Gasteiger partial charge in [-0.25, -0.2) is 0 Å². The van der Waals surface area contributed by atoms with Crippen molar-refractivity contribution >= 4 is 24.0 Å². The van der Waals surface area contributed by atoms with E-state index in [1.165, 1.54) is 5.56 Å². The summed E-state index contributed by atoms with van der Waals surface area (Å²) in [6.07, 6.45) is 0. The normalized spacial score (nSPS) is 12.8. The van der Waals surface area contributed by atoms with Gasteiger partial charge in [0.2, 0.25) is 5.91 Å². The molecule has 0 spiro atoms. The van der Waals surface area contributed by atoms with Gasteiger partial charge in [0.25, 0.3) is 0 Å². The molecule has 1 aliphatic rings. The number of ether oxygens (including phenoxy) is 1. The van der Waals surface area contributed by atoms with Gasteiger partial charge in [0.05, 0.1) is 19.8 Å². The molecule has 1 aromatic carbocycles. The lowest BCUT2D eigenvalue weighted by Crippen LogP contribution is -2.25. The summed E-state index contributed by atoms with van der Waals surface area (Å²) >= 11 is 0. The molecule has 0 atom stereocenters. The molecule has 1 heterocycles. The molecular formula is C11H15ClN2O2. The fourth-order valence-corrected chi connectivity index (χ4v) is 1.62. The predicted octanol–water partition coefficient (Wildman–Crippen LogP) is 1.30. The van der Waals surface area contributed by atoms with Crippen molar-refractivity contribution < 1.29 is 9.53 Å². The second-order valence-electron chi connectivity index (χ2n) is 3.55. The first kappa shape index (κ1) is 13.0. The summed E-state index contributed by atoms with van der Waals surface area (Å²) in [5.74, 6) is -0.0311. The third-order valence-electron chi connectivity index (χ3n) is 2.34. The molecule has 4 nitrogen and oxygen atoms in total. The summed E-state index contributed by atoms with van der Waals surface area (Å²) in [7, 11) is 1.75. The third kappa shape index (κ3) is 2.95. The maximum absolute atomic E-state index is 11.3. The van der Waals surface area contributed by atoms with Gasteiger partial charge >= 0.3 is 0 Å². The fraction of sp³-hybridized carbons (Fsp3) is 0.364. The number of hydrogen-bond donors (Lipinski definition) is 2. The Hall–Kier alpha value is -1.10. The molecule has 0 aliphatic carbocycles. The SMILES string of the molecule is CNCC(=O)Nc1ccc2c(c1)COC2.Cl. The average molecular weight is 243 g/mol. The molecule has 1 amide bonds. The number of carbonyl (C=O) groups excluding carboxylic acids is 1. The summed E-state index contributed by atoms with van der Waals surface area (Å²) < 4.78 is 5.30. The van der Waals surface area contributed by atoms with Crippen LogP contribution in [0.4, 0.5) is 5.69 Å². The molecule has 1 aliphatic heterocycles. The number of nitrogens with one attached hydrogen (secondary N) is 2. The van der Waals surface area contributed by atoms with Crippen molar-refractivity contribution in [2.24, 2.45) is 0 Å². The number of fused-ring (bicyclic) bond motifs is 1. The van der Waals surface area contributed by atoms with E-state index in [9.17, 15) is 4.79 Å². The summed E-state index contributed by atoms with van der Waals surface area (Å²) in [5.41, 5.74) is 3.21. The van der Waals surface area contributed by atoms with Gasteiger partial charge in [-0.1, -0.05) is 6.07 Å². The Morgan fingerprint density at radius 2 is 2.12 bits per heavy atom. The molecule has 0 saturated carbocycles. The van der Waals surface area contributed by atoms with E-state index in [4.69, 9.17) is 4.74 Å². The number of likely N-dealkylation sites (N-methyl/N-ethyl adjacent to an activating group) is 1. The monoisotopic (exact) mass is 242 g/mol. The highest BCUT2D eigenvalue weighted by Gasteiger charge is 2.11. The Balaban J connectivity index is 0.00000128. The van der Waals surface area contributed by atoms with Crippen molar-refractivity contribution in [2.45, 2.75) is 13.2 Å². The van der Waals surface area contributed by atoms with E-state index in [0.717, 1.165) is 11.3 Å². The summed E-state index contributed by atoms with van der Waals surface area (Å²) in [6, 6.07) is 5.87. The van der Waals surface area contributed by atoms with Crippen molar-refractivity contribution in [1.29, 1.82) is 0 Å². The van der Waals surface area contributed by atoms with Crippen molar-refractivity contribution in [3.8, 4) is 0 Å². The lowest BCUT2D eigenvalue weighted by atomic mass is 10.1. The standard InChI is InChI=1S/C11H14N2O2.ClH/c1-12-5-11(14)13-10-3-2-8-6-15-7-9(8)4-10;/h2-4,12H,5-7H2,1H3,(H,13,14);1H. The van der Waals surface area contributed by atoms with E-state index in [1.54, 1.807) is 7.05 Å². The number of amides is 1. The molecule has 88 valence electrons. The number of rotatable bonds is 3.